The van der Waals surface area contributed by atoms with Gasteiger partial charge in [-0.25, -0.2) is 0 Å². The summed E-state index contributed by atoms with van der Waals surface area (Å²) in [6, 6.07) is 0.495. The minimum Gasteiger partial charge on any atom is -0.319 e. The van der Waals surface area contributed by atoms with Crippen LogP contribution in [-0.2, 0) is 0 Å². The molecule has 1 aromatic rings. The molecule has 3 nitrogen and oxygen atoms in total. The van der Waals surface area contributed by atoms with Gasteiger partial charge in [-0.3, -0.25) is 4.68 Å². The zero-order valence-electron chi connectivity index (χ0n) is 11.5. The lowest BCUT2D eigenvalue weighted by Crippen LogP contribution is -2.16. The Morgan fingerprint density at radius 1 is 1.31 bits per heavy atom. The maximum absolute atomic E-state index is 4.67. The van der Waals surface area contributed by atoms with Crippen molar-refractivity contribution in [2.24, 2.45) is 0 Å². The lowest BCUT2D eigenvalue weighted by atomic mass is 9.99. The van der Waals surface area contributed by atoms with Crippen molar-refractivity contribution >= 4 is 0 Å². The summed E-state index contributed by atoms with van der Waals surface area (Å²) in [5, 5.41) is 7.91. The average Bonchev–Trinajstić information content (AvgIpc) is 2.53. The number of hydrogen-bond acceptors (Lipinski definition) is 2. The van der Waals surface area contributed by atoms with Crippen LogP contribution in [0.25, 0.3) is 0 Å². The molecule has 92 valence electrons. The maximum Gasteiger partial charge on any atom is 0.0631 e. The minimum absolute atomic E-state index is 0.495. The first-order valence-corrected chi connectivity index (χ1v) is 6.23. The molecule has 0 radical (unpaired) electrons. The van der Waals surface area contributed by atoms with E-state index in [1.54, 1.807) is 0 Å². The molecule has 1 heterocycles. The fourth-order valence-corrected chi connectivity index (χ4v) is 2.40. The summed E-state index contributed by atoms with van der Waals surface area (Å²) < 4.78 is 2.18. The van der Waals surface area contributed by atoms with Crippen molar-refractivity contribution in [2.75, 3.05) is 13.6 Å². The predicted octanol–water partition coefficient (Wildman–Crippen LogP) is 2.79. The van der Waals surface area contributed by atoms with Gasteiger partial charge in [0.15, 0.2) is 0 Å². The zero-order chi connectivity index (χ0) is 12.3. The molecule has 3 heteroatoms. The molecule has 0 saturated carbocycles. The molecule has 0 spiro atoms. The Hall–Kier alpha value is -0.830. The third kappa shape index (κ3) is 2.46. The lowest BCUT2D eigenvalue weighted by Gasteiger charge is -2.14. The molecule has 1 rings (SSSR count). The summed E-state index contributed by atoms with van der Waals surface area (Å²) >= 11 is 0. The Bertz CT molecular complexity index is 341. The van der Waals surface area contributed by atoms with E-state index in [2.05, 4.69) is 49.7 Å². The highest BCUT2D eigenvalue weighted by Crippen LogP contribution is 2.25. The Balaban J connectivity index is 3.06. The van der Waals surface area contributed by atoms with E-state index in [0.29, 0.717) is 12.0 Å². The Labute approximate surface area is 99.2 Å². The van der Waals surface area contributed by atoms with E-state index < -0.39 is 0 Å². The monoisotopic (exact) mass is 223 g/mol. The number of aromatic nitrogens is 2. The first-order chi connectivity index (χ1) is 7.52. The van der Waals surface area contributed by atoms with Crippen molar-refractivity contribution < 1.29 is 0 Å². The molecule has 1 aromatic heterocycles. The van der Waals surface area contributed by atoms with Crippen molar-refractivity contribution in [3.8, 4) is 0 Å². The fraction of sp³-hybridized carbons (Fsp3) is 0.769. The summed E-state index contributed by atoms with van der Waals surface area (Å²) in [5.74, 6) is 0.530. The van der Waals surface area contributed by atoms with Crippen LogP contribution < -0.4 is 5.32 Å². The van der Waals surface area contributed by atoms with Crippen LogP contribution >= 0.6 is 0 Å². The van der Waals surface area contributed by atoms with Gasteiger partial charge in [-0.1, -0.05) is 13.8 Å². The standard InChI is InChI=1S/C13H25N3/c1-7-10(3)16-12(5)13(11(4)15-16)9(2)8-14-6/h9-10,14H,7-8H2,1-6H3. The van der Waals surface area contributed by atoms with Crippen molar-refractivity contribution in [1.29, 1.82) is 0 Å². The molecule has 0 aliphatic carbocycles. The Kier molecular flexibility index (Phi) is 4.54. The number of hydrogen-bond donors (Lipinski definition) is 1. The molecule has 1 N–H and O–H groups in total. The predicted molar refractivity (Wildman–Crippen MR) is 69.0 cm³/mol. The van der Waals surface area contributed by atoms with E-state index in [1.807, 2.05) is 7.05 Å². The third-order valence-electron chi connectivity index (χ3n) is 3.39. The van der Waals surface area contributed by atoms with E-state index >= 15 is 0 Å². The van der Waals surface area contributed by atoms with Crippen LogP contribution in [0.1, 0.15) is 56.1 Å². The molecule has 0 bridgehead atoms. The van der Waals surface area contributed by atoms with E-state index in [9.17, 15) is 0 Å². The first kappa shape index (κ1) is 13.2. The molecule has 0 aliphatic rings. The van der Waals surface area contributed by atoms with Gasteiger partial charge in [-0.05, 0) is 40.2 Å². The zero-order valence-corrected chi connectivity index (χ0v) is 11.5. The summed E-state index contributed by atoms with van der Waals surface area (Å²) in [4.78, 5) is 0. The van der Waals surface area contributed by atoms with E-state index in [-0.39, 0.29) is 0 Å². The van der Waals surface area contributed by atoms with Crippen LogP contribution in [0.15, 0.2) is 0 Å². The summed E-state index contributed by atoms with van der Waals surface area (Å²) in [6.07, 6.45) is 1.13. The molecule has 0 fully saturated rings. The van der Waals surface area contributed by atoms with Gasteiger partial charge in [0.25, 0.3) is 0 Å². The smallest absolute Gasteiger partial charge is 0.0631 e. The topological polar surface area (TPSA) is 29.9 Å². The second-order valence-corrected chi connectivity index (χ2v) is 4.75. The van der Waals surface area contributed by atoms with Gasteiger partial charge in [-0.2, -0.15) is 5.10 Å². The molecule has 2 atom stereocenters. The number of nitrogens with one attached hydrogen (secondary N) is 1. The number of nitrogens with zero attached hydrogens (tertiary/aromatic N) is 2. The van der Waals surface area contributed by atoms with E-state index in [1.165, 1.54) is 17.0 Å². The number of aryl methyl sites for hydroxylation is 1. The summed E-state index contributed by atoms with van der Waals surface area (Å²) in [7, 11) is 2.00. The molecule has 0 saturated heterocycles. The van der Waals surface area contributed by atoms with Crippen molar-refractivity contribution in [1.82, 2.24) is 15.1 Å². The SMILES string of the molecule is CCC(C)n1nc(C)c(C(C)CNC)c1C. The van der Waals surface area contributed by atoms with Crippen molar-refractivity contribution in [2.45, 2.75) is 53.0 Å². The van der Waals surface area contributed by atoms with Gasteiger partial charge in [0.2, 0.25) is 0 Å². The van der Waals surface area contributed by atoms with E-state index in [0.717, 1.165) is 13.0 Å². The average molecular weight is 223 g/mol. The van der Waals surface area contributed by atoms with Crippen LogP contribution in [0.5, 0.6) is 0 Å². The first-order valence-electron chi connectivity index (χ1n) is 6.23. The molecule has 0 amide bonds. The van der Waals surface area contributed by atoms with Gasteiger partial charge in [-0.15, -0.1) is 0 Å². The second kappa shape index (κ2) is 5.48. The molecule has 16 heavy (non-hydrogen) atoms. The quantitative estimate of drug-likeness (QED) is 0.832. The molecule has 2 unspecified atom stereocenters. The van der Waals surface area contributed by atoms with Gasteiger partial charge >= 0.3 is 0 Å². The lowest BCUT2D eigenvalue weighted by molar-refractivity contribution is 0.464. The van der Waals surface area contributed by atoms with Crippen molar-refractivity contribution in [3.63, 3.8) is 0 Å². The van der Waals surface area contributed by atoms with Gasteiger partial charge in [0, 0.05) is 23.8 Å². The largest absolute Gasteiger partial charge is 0.319 e. The summed E-state index contributed by atoms with van der Waals surface area (Å²) in [5.41, 5.74) is 3.92. The minimum atomic E-state index is 0.495. The molecule has 0 aromatic carbocycles. The Morgan fingerprint density at radius 2 is 1.94 bits per heavy atom. The van der Waals surface area contributed by atoms with Gasteiger partial charge in [0.05, 0.1) is 5.69 Å². The van der Waals surface area contributed by atoms with Crippen LogP contribution in [0, 0.1) is 13.8 Å². The van der Waals surface area contributed by atoms with Crippen LogP contribution in [0.3, 0.4) is 0 Å². The van der Waals surface area contributed by atoms with Gasteiger partial charge < -0.3 is 5.32 Å². The maximum atomic E-state index is 4.67. The Morgan fingerprint density at radius 3 is 2.44 bits per heavy atom. The number of rotatable bonds is 5. The highest BCUT2D eigenvalue weighted by molar-refractivity contribution is 5.28. The summed E-state index contributed by atoms with van der Waals surface area (Å²) in [6.45, 7) is 12.0. The van der Waals surface area contributed by atoms with E-state index in [4.69, 9.17) is 0 Å². The van der Waals surface area contributed by atoms with Crippen LogP contribution in [-0.4, -0.2) is 23.4 Å². The van der Waals surface area contributed by atoms with Crippen LogP contribution in [0.4, 0.5) is 0 Å². The molecule has 0 aliphatic heterocycles. The van der Waals surface area contributed by atoms with Crippen molar-refractivity contribution in [3.05, 3.63) is 17.0 Å². The van der Waals surface area contributed by atoms with Gasteiger partial charge in [0.1, 0.15) is 0 Å². The highest BCUT2D eigenvalue weighted by Gasteiger charge is 2.18. The molecular formula is C13H25N3. The highest BCUT2D eigenvalue weighted by atomic mass is 15.3. The normalized spacial score (nSPS) is 15.1. The third-order valence-corrected chi connectivity index (χ3v) is 3.39. The molecular weight excluding hydrogens is 198 g/mol. The second-order valence-electron chi connectivity index (χ2n) is 4.75. The fourth-order valence-electron chi connectivity index (χ4n) is 2.40. The van der Waals surface area contributed by atoms with Crippen LogP contribution in [0.2, 0.25) is 0 Å². The number of likely N-dealkylation sites (N-methyl/N-ethyl adjacent to an activating group) is 1.